The van der Waals surface area contributed by atoms with Crippen LogP contribution in [0.1, 0.15) is 34.6 Å². The van der Waals surface area contributed by atoms with E-state index in [1.165, 1.54) is 6.26 Å². The molecule has 0 aliphatic rings. The molecule has 6 heteroatoms. The number of pyridine rings is 1. The first-order valence-corrected chi connectivity index (χ1v) is 10.8. The van der Waals surface area contributed by atoms with Gasteiger partial charge in [-0.2, -0.15) is 0 Å². The highest BCUT2D eigenvalue weighted by Crippen LogP contribution is 2.26. The molecular weight excluding hydrogens is 372 g/mol. The fourth-order valence-corrected chi connectivity index (χ4v) is 3.70. The summed E-state index contributed by atoms with van der Waals surface area (Å²) >= 11 is 0. The lowest BCUT2D eigenvalue weighted by atomic mass is 9.98. The Kier molecular flexibility index (Phi) is 5.61. The summed E-state index contributed by atoms with van der Waals surface area (Å²) in [5.74, 6) is -0.218. The number of carbonyl (C=O) groups excluding carboxylic acids is 1. The van der Waals surface area contributed by atoms with Gasteiger partial charge in [0.25, 0.3) is 5.91 Å². The van der Waals surface area contributed by atoms with Crippen LogP contribution in [0.4, 0.5) is 0 Å². The summed E-state index contributed by atoms with van der Waals surface area (Å²) in [6, 6.07) is 17.8. The van der Waals surface area contributed by atoms with Crippen LogP contribution in [0.5, 0.6) is 0 Å². The number of nitrogens with zero attached hydrogens (tertiary/aromatic N) is 1. The number of rotatable bonds is 5. The molecule has 144 valence electrons. The molecule has 0 saturated carbocycles. The normalized spacial score (nSPS) is 12.4. The van der Waals surface area contributed by atoms with Gasteiger partial charge in [-0.25, -0.2) is 8.42 Å². The summed E-state index contributed by atoms with van der Waals surface area (Å²) in [6.45, 7) is 3.67. The van der Waals surface area contributed by atoms with E-state index in [0.717, 1.165) is 16.7 Å². The summed E-state index contributed by atoms with van der Waals surface area (Å²) in [7, 11) is -3.25. The highest BCUT2D eigenvalue weighted by molar-refractivity contribution is 7.90. The first-order chi connectivity index (χ1) is 13.3. The Balaban J connectivity index is 1.87. The van der Waals surface area contributed by atoms with Crippen LogP contribution in [-0.4, -0.2) is 25.6 Å². The van der Waals surface area contributed by atoms with Crippen LogP contribution in [0.25, 0.3) is 11.1 Å². The van der Waals surface area contributed by atoms with E-state index >= 15 is 0 Å². The van der Waals surface area contributed by atoms with Crippen LogP contribution in [0.15, 0.2) is 71.8 Å². The molecule has 1 amide bonds. The number of sulfone groups is 1. The zero-order chi connectivity index (χ0) is 20.3. The molecule has 0 aliphatic heterocycles. The van der Waals surface area contributed by atoms with Crippen LogP contribution in [0, 0.1) is 6.92 Å². The van der Waals surface area contributed by atoms with Crippen LogP contribution in [0.2, 0.25) is 0 Å². The Morgan fingerprint density at radius 1 is 1.00 bits per heavy atom. The fourth-order valence-electron chi connectivity index (χ4n) is 3.07. The quantitative estimate of drug-likeness (QED) is 0.711. The number of carbonyl (C=O) groups is 1. The van der Waals surface area contributed by atoms with Gasteiger partial charge in [0.2, 0.25) is 0 Å². The Morgan fingerprint density at radius 2 is 1.64 bits per heavy atom. The molecule has 0 radical (unpaired) electrons. The van der Waals surface area contributed by atoms with Crippen molar-refractivity contribution in [1.29, 1.82) is 0 Å². The van der Waals surface area contributed by atoms with E-state index in [1.54, 1.807) is 30.5 Å². The van der Waals surface area contributed by atoms with E-state index in [1.807, 2.05) is 50.2 Å². The van der Waals surface area contributed by atoms with Gasteiger partial charge in [-0.05, 0) is 48.7 Å². The van der Waals surface area contributed by atoms with E-state index in [4.69, 9.17) is 0 Å². The Labute approximate surface area is 165 Å². The maximum Gasteiger partial charge on any atom is 0.254 e. The molecule has 3 aromatic rings. The van der Waals surface area contributed by atoms with Crippen LogP contribution in [-0.2, 0) is 9.84 Å². The molecule has 1 atom stereocenters. The van der Waals surface area contributed by atoms with Crippen LogP contribution < -0.4 is 5.32 Å². The van der Waals surface area contributed by atoms with Crippen molar-refractivity contribution < 1.29 is 13.2 Å². The van der Waals surface area contributed by atoms with Gasteiger partial charge >= 0.3 is 0 Å². The molecule has 0 saturated heterocycles. The fraction of sp³-hybridized carbons (Fsp3) is 0.182. The molecule has 1 N–H and O–H groups in total. The molecule has 28 heavy (non-hydrogen) atoms. The maximum atomic E-state index is 13.0. The third kappa shape index (κ3) is 4.28. The van der Waals surface area contributed by atoms with Crippen molar-refractivity contribution in [2.24, 2.45) is 0 Å². The topological polar surface area (TPSA) is 76.1 Å². The average Bonchev–Trinajstić information content (AvgIpc) is 2.67. The molecular formula is C22H22N2O3S. The first-order valence-electron chi connectivity index (χ1n) is 8.89. The second kappa shape index (κ2) is 7.94. The lowest BCUT2D eigenvalue weighted by Gasteiger charge is -2.17. The van der Waals surface area contributed by atoms with E-state index in [-0.39, 0.29) is 16.8 Å². The van der Waals surface area contributed by atoms with Crippen molar-refractivity contribution >= 4 is 15.7 Å². The van der Waals surface area contributed by atoms with Gasteiger partial charge in [0.15, 0.2) is 9.84 Å². The largest absolute Gasteiger partial charge is 0.345 e. The van der Waals surface area contributed by atoms with Gasteiger partial charge in [0.05, 0.1) is 22.2 Å². The van der Waals surface area contributed by atoms with Crippen molar-refractivity contribution in [1.82, 2.24) is 10.3 Å². The second-order valence-electron chi connectivity index (χ2n) is 6.72. The van der Waals surface area contributed by atoms with Crippen molar-refractivity contribution in [3.8, 4) is 11.1 Å². The number of hydrogen-bond donors (Lipinski definition) is 1. The van der Waals surface area contributed by atoms with Crippen molar-refractivity contribution in [2.45, 2.75) is 24.8 Å². The highest BCUT2D eigenvalue weighted by Gasteiger charge is 2.19. The zero-order valence-corrected chi connectivity index (χ0v) is 16.8. The van der Waals surface area contributed by atoms with Crippen LogP contribution >= 0.6 is 0 Å². The molecule has 0 spiro atoms. The van der Waals surface area contributed by atoms with Crippen molar-refractivity contribution in [3.05, 3.63) is 83.7 Å². The third-order valence-electron chi connectivity index (χ3n) is 4.61. The molecule has 1 aromatic heterocycles. The summed E-state index contributed by atoms with van der Waals surface area (Å²) in [5, 5.41) is 2.99. The summed E-state index contributed by atoms with van der Waals surface area (Å²) in [4.78, 5) is 17.6. The SMILES string of the molecule is Cc1nccc(-c2ccccc2)c1C(=O)N[C@H](C)c1ccc(S(C)(=O)=O)cc1. The maximum absolute atomic E-state index is 13.0. The molecule has 5 nitrogen and oxygen atoms in total. The molecule has 0 unspecified atom stereocenters. The lowest BCUT2D eigenvalue weighted by Crippen LogP contribution is -2.28. The van der Waals surface area contributed by atoms with E-state index in [9.17, 15) is 13.2 Å². The number of aromatic nitrogens is 1. The molecule has 1 heterocycles. The van der Waals surface area contributed by atoms with Crippen LogP contribution in [0.3, 0.4) is 0 Å². The molecule has 0 fully saturated rings. The van der Waals surface area contributed by atoms with Gasteiger partial charge in [-0.15, -0.1) is 0 Å². The van der Waals surface area contributed by atoms with Gasteiger partial charge < -0.3 is 5.32 Å². The zero-order valence-electron chi connectivity index (χ0n) is 16.0. The van der Waals surface area contributed by atoms with E-state index in [0.29, 0.717) is 11.3 Å². The molecule has 0 bridgehead atoms. The standard InChI is InChI=1S/C22H22N2O3S/c1-15(17-9-11-19(12-10-17)28(3,26)27)24-22(25)21-16(2)23-14-13-20(21)18-7-5-4-6-8-18/h4-15H,1-3H3,(H,24,25)/t15-/m1/s1. The predicted molar refractivity (Wildman–Crippen MR) is 110 cm³/mol. The van der Waals surface area contributed by atoms with Gasteiger partial charge in [-0.1, -0.05) is 42.5 Å². The molecule has 3 rings (SSSR count). The van der Waals surface area contributed by atoms with Crippen molar-refractivity contribution in [2.75, 3.05) is 6.26 Å². The number of nitrogens with one attached hydrogen (secondary N) is 1. The first kappa shape index (κ1) is 19.8. The third-order valence-corrected chi connectivity index (χ3v) is 5.74. The smallest absolute Gasteiger partial charge is 0.254 e. The highest BCUT2D eigenvalue weighted by atomic mass is 32.2. The summed E-state index contributed by atoms with van der Waals surface area (Å²) in [6.07, 6.45) is 2.87. The molecule has 2 aromatic carbocycles. The number of amides is 1. The van der Waals surface area contributed by atoms with Crippen molar-refractivity contribution in [3.63, 3.8) is 0 Å². The predicted octanol–water partition coefficient (Wildman–Crippen LogP) is 3.95. The second-order valence-corrected chi connectivity index (χ2v) is 8.74. The Bertz CT molecular complexity index is 1090. The summed E-state index contributed by atoms with van der Waals surface area (Å²) in [5.41, 5.74) is 3.78. The Hall–Kier alpha value is -2.99. The lowest BCUT2D eigenvalue weighted by molar-refractivity contribution is 0.0939. The van der Waals surface area contributed by atoms with Gasteiger partial charge in [0.1, 0.15) is 0 Å². The van der Waals surface area contributed by atoms with Gasteiger partial charge in [-0.3, -0.25) is 9.78 Å². The van der Waals surface area contributed by atoms with Gasteiger partial charge in [0, 0.05) is 12.5 Å². The monoisotopic (exact) mass is 394 g/mol. The van der Waals surface area contributed by atoms with E-state index < -0.39 is 9.84 Å². The Morgan fingerprint density at radius 3 is 2.25 bits per heavy atom. The number of aryl methyl sites for hydroxylation is 1. The minimum absolute atomic E-state index is 0.218. The average molecular weight is 394 g/mol. The minimum atomic E-state index is -3.25. The number of benzene rings is 2. The number of hydrogen-bond acceptors (Lipinski definition) is 4. The molecule has 0 aliphatic carbocycles. The van der Waals surface area contributed by atoms with E-state index in [2.05, 4.69) is 10.3 Å². The minimum Gasteiger partial charge on any atom is -0.345 e. The summed E-state index contributed by atoms with van der Waals surface area (Å²) < 4.78 is 23.2.